The van der Waals surface area contributed by atoms with Crippen molar-refractivity contribution in [1.82, 2.24) is 0 Å². The van der Waals surface area contributed by atoms with Gasteiger partial charge in [-0.3, -0.25) is 0 Å². The molecule has 0 saturated heterocycles. The first kappa shape index (κ1) is 16.5. The minimum Gasteiger partial charge on any atom is -0.0918 e. The number of alkyl halides is 2. The van der Waals surface area contributed by atoms with Crippen LogP contribution in [0.25, 0.3) is 0 Å². The molecule has 20 heavy (non-hydrogen) atoms. The van der Waals surface area contributed by atoms with Crippen molar-refractivity contribution in [2.75, 3.05) is 10.7 Å². The van der Waals surface area contributed by atoms with Crippen LogP contribution < -0.4 is 0 Å². The smallest absolute Gasteiger partial charge is 0.0406 e. The molecule has 0 amide bonds. The van der Waals surface area contributed by atoms with Crippen molar-refractivity contribution >= 4 is 59.4 Å². The number of rotatable bonds is 5. The lowest BCUT2D eigenvalue weighted by molar-refractivity contribution is 0.551. The molecule has 0 aliphatic heterocycles. The van der Waals surface area contributed by atoms with Crippen LogP contribution >= 0.6 is 59.4 Å². The van der Waals surface area contributed by atoms with Gasteiger partial charge in [0.2, 0.25) is 0 Å². The van der Waals surface area contributed by atoms with Crippen molar-refractivity contribution in [3.05, 3.63) is 69.2 Å². The lowest BCUT2D eigenvalue weighted by Gasteiger charge is -2.31. The average molecular weight is 481 g/mol. The second-order valence-corrected chi connectivity index (χ2v) is 7.33. The number of hydrogen-bond donors (Lipinski definition) is 0. The third-order valence-corrected chi connectivity index (χ3v) is 6.29. The van der Waals surface area contributed by atoms with E-state index in [4.69, 9.17) is 11.6 Å². The van der Waals surface area contributed by atoms with Crippen molar-refractivity contribution < 1.29 is 0 Å². The van der Waals surface area contributed by atoms with Gasteiger partial charge in [0.05, 0.1) is 0 Å². The van der Waals surface area contributed by atoms with Gasteiger partial charge in [0, 0.05) is 25.6 Å². The highest BCUT2D eigenvalue weighted by Crippen LogP contribution is 2.34. The van der Waals surface area contributed by atoms with Gasteiger partial charge in [-0.05, 0) is 41.8 Å². The fourth-order valence-electron chi connectivity index (χ4n) is 2.23. The molecule has 0 radical (unpaired) electrons. The lowest BCUT2D eigenvalue weighted by atomic mass is 9.79. The molecule has 0 bridgehead atoms. The van der Waals surface area contributed by atoms with E-state index in [0.29, 0.717) is 0 Å². The number of benzene rings is 2. The van der Waals surface area contributed by atoms with Crippen LogP contribution in [-0.2, 0) is 11.8 Å². The van der Waals surface area contributed by atoms with Gasteiger partial charge in [-0.15, -0.1) is 0 Å². The molecule has 0 aromatic heterocycles. The Balaban J connectivity index is 2.36. The SMILES string of the molecule is Clc1ccc(C(CBr)(CBr)Cc2cccc(Br)c2)cc1. The van der Waals surface area contributed by atoms with Crippen molar-refractivity contribution in [2.24, 2.45) is 0 Å². The van der Waals surface area contributed by atoms with Crippen molar-refractivity contribution in [3.63, 3.8) is 0 Å². The van der Waals surface area contributed by atoms with E-state index in [0.717, 1.165) is 26.6 Å². The predicted octanol–water partition coefficient (Wildman–Crippen LogP) is 6.37. The molecule has 106 valence electrons. The van der Waals surface area contributed by atoms with Gasteiger partial charge in [0.15, 0.2) is 0 Å². The molecule has 2 rings (SSSR count). The standard InChI is InChI=1S/C16H14Br3Cl/c17-10-16(11-18,13-4-6-15(20)7-5-13)9-12-2-1-3-14(19)8-12/h1-8H,9-11H2. The van der Waals surface area contributed by atoms with E-state index >= 15 is 0 Å². The van der Waals surface area contributed by atoms with Crippen LogP contribution in [0.1, 0.15) is 11.1 Å². The van der Waals surface area contributed by atoms with Crippen LogP contribution in [-0.4, -0.2) is 10.7 Å². The second kappa shape index (κ2) is 7.44. The molecule has 0 fully saturated rings. The van der Waals surface area contributed by atoms with E-state index in [9.17, 15) is 0 Å². The third kappa shape index (κ3) is 3.88. The van der Waals surface area contributed by atoms with Crippen molar-refractivity contribution in [3.8, 4) is 0 Å². The second-order valence-electron chi connectivity index (χ2n) is 4.86. The molecular formula is C16H14Br3Cl. The molecule has 0 nitrogen and oxygen atoms in total. The average Bonchev–Trinajstić information content (AvgIpc) is 2.46. The van der Waals surface area contributed by atoms with Gasteiger partial charge >= 0.3 is 0 Å². The Morgan fingerprint density at radius 2 is 1.60 bits per heavy atom. The molecule has 0 heterocycles. The highest BCUT2D eigenvalue weighted by Gasteiger charge is 2.30. The quantitative estimate of drug-likeness (QED) is 0.435. The van der Waals surface area contributed by atoms with E-state index in [1.54, 1.807) is 0 Å². The van der Waals surface area contributed by atoms with Crippen LogP contribution in [0.3, 0.4) is 0 Å². The first-order chi connectivity index (χ1) is 9.59. The maximum absolute atomic E-state index is 6.00. The molecule has 0 spiro atoms. The molecule has 0 aliphatic rings. The molecule has 2 aromatic rings. The van der Waals surface area contributed by atoms with Gasteiger partial charge in [-0.25, -0.2) is 0 Å². The predicted molar refractivity (Wildman–Crippen MR) is 98.6 cm³/mol. The summed E-state index contributed by atoms with van der Waals surface area (Å²) in [6, 6.07) is 16.6. The third-order valence-electron chi connectivity index (χ3n) is 3.40. The summed E-state index contributed by atoms with van der Waals surface area (Å²) in [5, 5.41) is 2.55. The fraction of sp³-hybridized carbons (Fsp3) is 0.250. The van der Waals surface area contributed by atoms with E-state index in [1.165, 1.54) is 11.1 Å². The molecule has 2 aromatic carbocycles. The topological polar surface area (TPSA) is 0 Å². The van der Waals surface area contributed by atoms with E-state index < -0.39 is 0 Å². The van der Waals surface area contributed by atoms with Crippen molar-refractivity contribution in [2.45, 2.75) is 11.8 Å². The van der Waals surface area contributed by atoms with E-state index in [-0.39, 0.29) is 5.41 Å². The minimum atomic E-state index is 0.0192. The van der Waals surface area contributed by atoms with Crippen LogP contribution in [0.4, 0.5) is 0 Å². The minimum absolute atomic E-state index is 0.0192. The molecule has 0 unspecified atom stereocenters. The Kier molecular flexibility index (Phi) is 6.15. The zero-order valence-electron chi connectivity index (χ0n) is 10.8. The van der Waals surface area contributed by atoms with Crippen LogP contribution in [0.2, 0.25) is 5.02 Å². The molecule has 0 aliphatic carbocycles. The zero-order valence-corrected chi connectivity index (χ0v) is 16.3. The Labute approximate surface area is 150 Å². The van der Waals surface area contributed by atoms with Crippen LogP contribution in [0.15, 0.2) is 53.0 Å². The summed E-state index contributed by atoms with van der Waals surface area (Å²) < 4.78 is 1.11. The van der Waals surface area contributed by atoms with E-state index in [1.807, 2.05) is 12.1 Å². The monoisotopic (exact) mass is 478 g/mol. The van der Waals surface area contributed by atoms with Gasteiger partial charge in [0.25, 0.3) is 0 Å². The summed E-state index contributed by atoms with van der Waals surface area (Å²) >= 11 is 16.9. The highest BCUT2D eigenvalue weighted by molar-refractivity contribution is 9.10. The van der Waals surface area contributed by atoms with Crippen molar-refractivity contribution in [1.29, 1.82) is 0 Å². The van der Waals surface area contributed by atoms with Gasteiger partial charge in [0.1, 0.15) is 0 Å². The summed E-state index contributed by atoms with van der Waals surface area (Å²) in [4.78, 5) is 0. The maximum atomic E-state index is 6.00. The summed E-state index contributed by atoms with van der Waals surface area (Å²) in [6.07, 6.45) is 0.963. The molecular weight excluding hydrogens is 467 g/mol. The normalized spacial score (nSPS) is 11.6. The molecule has 0 saturated carbocycles. The largest absolute Gasteiger partial charge is 0.0918 e. The molecule has 4 heteroatoms. The molecule has 0 atom stereocenters. The fourth-order valence-corrected chi connectivity index (χ4v) is 4.77. The Morgan fingerprint density at radius 3 is 2.15 bits per heavy atom. The summed E-state index contributed by atoms with van der Waals surface area (Å²) in [6.45, 7) is 0. The Morgan fingerprint density at radius 1 is 0.950 bits per heavy atom. The number of halogens is 4. The maximum Gasteiger partial charge on any atom is 0.0406 e. The number of hydrogen-bond acceptors (Lipinski definition) is 0. The van der Waals surface area contributed by atoms with Gasteiger partial charge in [-0.2, -0.15) is 0 Å². The first-order valence-electron chi connectivity index (χ1n) is 6.22. The molecule has 0 N–H and O–H groups in total. The summed E-state index contributed by atoms with van der Waals surface area (Å²) in [7, 11) is 0. The lowest BCUT2D eigenvalue weighted by Crippen LogP contribution is -2.32. The van der Waals surface area contributed by atoms with Gasteiger partial charge in [-0.1, -0.05) is 83.7 Å². The Bertz CT molecular complexity index is 562. The van der Waals surface area contributed by atoms with Crippen LogP contribution in [0, 0.1) is 0 Å². The summed E-state index contributed by atoms with van der Waals surface area (Å²) in [5.74, 6) is 0. The van der Waals surface area contributed by atoms with Crippen LogP contribution in [0.5, 0.6) is 0 Å². The van der Waals surface area contributed by atoms with E-state index in [2.05, 4.69) is 84.2 Å². The Hall–Kier alpha value is 0.170. The zero-order chi connectivity index (χ0) is 14.6. The highest BCUT2D eigenvalue weighted by atomic mass is 79.9. The van der Waals surface area contributed by atoms with Gasteiger partial charge < -0.3 is 0 Å². The summed E-state index contributed by atoms with van der Waals surface area (Å²) in [5.41, 5.74) is 2.62. The first-order valence-corrected chi connectivity index (χ1v) is 9.63.